The van der Waals surface area contributed by atoms with Gasteiger partial charge in [-0.05, 0) is 61.7 Å². The molecule has 183 valence electrons. The van der Waals surface area contributed by atoms with Gasteiger partial charge in [0.15, 0.2) is 0 Å². The van der Waals surface area contributed by atoms with Crippen LogP contribution in [0.3, 0.4) is 0 Å². The minimum absolute atomic E-state index is 0.602. The summed E-state index contributed by atoms with van der Waals surface area (Å²) in [5, 5.41) is 0. The van der Waals surface area contributed by atoms with Gasteiger partial charge in [-0.1, -0.05) is 74.4 Å². The van der Waals surface area contributed by atoms with Crippen LogP contribution in [0.2, 0.25) is 0 Å². The lowest BCUT2D eigenvalue weighted by Crippen LogP contribution is -2.28. The summed E-state index contributed by atoms with van der Waals surface area (Å²) < 4.78 is 38.3. The molecule has 0 spiro atoms. The second-order valence-electron chi connectivity index (χ2n) is 8.95. The third-order valence-corrected chi connectivity index (χ3v) is 6.12. The smallest absolute Gasteiger partial charge is 0.166 e. The number of benzene rings is 3. The van der Waals surface area contributed by atoms with E-state index in [9.17, 15) is 13.2 Å². The zero-order valence-corrected chi connectivity index (χ0v) is 20.7. The van der Waals surface area contributed by atoms with Crippen LogP contribution in [0.1, 0.15) is 72.9 Å². The standard InChI is InChI=1S/C31H34F3N/c1-3-5-6-7-8-25-9-11-26(12-10-25)13-14-27-15-17-28(18-16-27)23-35(4-2)24-29-19-21-30(22-20-29)31(32,33)34/h9-12,15-22H,3-8,23-24H2,1-2H3/q+1. The van der Waals surface area contributed by atoms with Crippen molar-refractivity contribution in [3.05, 3.63) is 106 Å². The molecule has 0 aliphatic heterocycles. The Morgan fingerprint density at radius 1 is 0.629 bits per heavy atom. The molecule has 0 fully saturated rings. The van der Waals surface area contributed by atoms with Crippen molar-refractivity contribution < 1.29 is 13.2 Å². The number of hydrogen-bond donors (Lipinski definition) is 0. The molecule has 0 aliphatic rings. The second-order valence-corrected chi connectivity index (χ2v) is 8.95. The Balaban J connectivity index is 1.53. The van der Waals surface area contributed by atoms with E-state index in [0.717, 1.165) is 53.9 Å². The van der Waals surface area contributed by atoms with Gasteiger partial charge in [0, 0.05) is 22.3 Å². The molecule has 1 radical (unpaired) electrons. The Hall–Kier alpha value is -3.03. The SMILES string of the molecule is CCCCCCc1ccc(C#Cc2ccc(C[N+](CC)Cc3ccc(C(F)(F)F)cc3)cc2)cc1. The zero-order valence-electron chi connectivity index (χ0n) is 20.7. The Kier molecular flexibility index (Phi) is 9.99. The van der Waals surface area contributed by atoms with Gasteiger partial charge in [-0.25, -0.2) is 0 Å². The third-order valence-electron chi connectivity index (χ3n) is 6.12. The molecular weight excluding hydrogens is 443 g/mol. The van der Waals surface area contributed by atoms with Gasteiger partial charge >= 0.3 is 6.18 Å². The molecule has 0 amide bonds. The van der Waals surface area contributed by atoms with E-state index in [4.69, 9.17) is 0 Å². The van der Waals surface area contributed by atoms with Gasteiger partial charge in [-0.3, -0.25) is 0 Å². The van der Waals surface area contributed by atoms with Crippen LogP contribution in [0.25, 0.3) is 0 Å². The number of alkyl halides is 3. The summed E-state index contributed by atoms with van der Waals surface area (Å²) in [4.78, 5) is 2.20. The minimum atomic E-state index is -4.30. The van der Waals surface area contributed by atoms with E-state index in [-0.39, 0.29) is 0 Å². The lowest BCUT2D eigenvalue weighted by atomic mass is 10.0. The number of aryl methyl sites for hydroxylation is 1. The largest absolute Gasteiger partial charge is 0.416 e. The molecule has 35 heavy (non-hydrogen) atoms. The summed E-state index contributed by atoms with van der Waals surface area (Å²) in [6.07, 6.45) is 1.92. The quantitative estimate of drug-likeness (QED) is 0.158. The summed E-state index contributed by atoms with van der Waals surface area (Å²) in [6.45, 7) is 6.42. The summed E-state index contributed by atoms with van der Waals surface area (Å²) in [5.74, 6) is 6.48. The van der Waals surface area contributed by atoms with Crippen molar-refractivity contribution >= 4 is 0 Å². The highest BCUT2D eigenvalue weighted by molar-refractivity contribution is 5.44. The topological polar surface area (TPSA) is 5.90 Å². The first-order valence-corrected chi connectivity index (χ1v) is 12.5. The van der Waals surface area contributed by atoms with E-state index in [1.807, 2.05) is 12.1 Å². The molecule has 0 heterocycles. The molecule has 0 saturated carbocycles. The maximum Gasteiger partial charge on any atom is 0.416 e. The Morgan fingerprint density at radius 3 is 1.57 bits per heavy atom. The van der Waals surface area contributed by atoms with E-state index in [0.29, 0.717) is 6.54 Å². The van der Waals surface area contributed by atoms with Gasteiger partial charge in [0.1, 0.15) is 19.6 Å². The van der Waals surface area contributed by atoms with Gasteiger partial charge in [-0.2, -0.15) is 18.1 Å². The van der Waals surface area contributed by atoms with Crippen molar-refractivity contribution in [2.24, 2.45) is 0 Å². The van der Waals surface area contributed by atoms with Crippen LogP contribution in [0.5, 0.6) is 0 Å². The lowest BCUT2D eigenvalue weighted by molar-refractivity contribution is -0.137. The third kappa shape index (κ3) is 8.92. The van der Waals surface area contributed by atoms with E-state index < -0.39 is 11.7 Å². The van der Waals surface area contributed by atoms with E-state index in [1.54, 1.807) is 12.1 Å². The lowest BCUT2D eigenvalue weighted by Gasteiger charge is -2.12. The van der Waals surface area contributed by atoms with Crippen molar-refractivity contribution in [1.82, 2.24) is 4.90 Å². The summed E-state index contributed by atoms with van der Waals surface area (Å²) in [6, 6.07) is 22.1. The van der Waals surface area contributed by atoms with Gasteiger partial charge in [0.25, 0.3) is 0 Å². The number of unbranched alkanes of at least 4 members (excludes halogenated alkanes) is 3. The normalized spacial score (nSPS) is 11.4. The van der Waals surface area contributed by atoms with Crippen LogP contribution >= 0.6 is 0 Å². The number of halogens is 3. The molecule has 4 heteroatoms. The fraction of sp³-hybridized carbons (Fsp3) is 0.355. The summed E-state index contributed by atoms with van der Waals surface area (Å²) >= 11 is 0. The van der Waals surface area contributed by atoms with E-state index >= 15 is 0 Å². The van der Waals surface area contributed by atoms with Crippen LogP contribution in [-0.4, -0.2) is 6.54 Å². The average Bonchev–Trinajstić information content (AvgIpc) is 2.86. The molecule has 0 aliphatic carbocycles. The highest BCUT2D eigenvalue weighted by atomic mass is 19.4. The first-order valence-electron chi connectivity index (χ1n) is 12.5. The Labute approximate surface area is 208 Å². The van der Waals surface area contributed by atoms with Gasteiger partial charge in [0.05, 0.1) is 5.56 Å². The molecule has 0 atom stereocenters. The van der Waals surface area contributed by atoms with Crippen LogP contribution in [0.4, 0.5) is 13.2 Å². The fourth-order valence-corrected chi connectivity index (χ4v) is 3.94. The molecule has 0 saturated heterocycles. The monoisotopic (exact) mass is 477 g/mol. The Bertz CT molecular complexity index is 1090. The molecule has 3 aromatic carbocycles. The number of rotatable bonds is 10. The van der Waals surface area contributed by atoms with Crippen LogP contribution in [-0.2, 0) is 25.7 Å². The van der Waals surface area contributed by atoms with E-state index in [2.05, 4.69) is 67.0 Å². The number of nitrogens with zero attached hydrogens (tertiary/aromatic N) is 1. The molecule has 0 N–H and O–H groups in total. The highest BCUT2D eigenvalue weighted by Gasteiger charge is 2.30. The first kappa shape index (κ1) is 26.6. The molecule has 1 nitrogen and oxygen atoms in total. The van der Waals surface area contributed by atoms with Crippen LogP contribution in [0, 0.1) is 11.8 Å². The average molecular weight is 478 g/mol. The Morgan fingerprint density at radius 2 is 1.11 bits per heavy atom. The molecule has 0 unspecified atom stereocenters. The molecular formula is C31H34F3N+. The predicted molar refractivity (Wildman–Crippen MR) is 138 cm³/mol. The molecule has 0 bridgehead atoms. The van der Waals surface area contributed by atoms with Gasteiger partial charge < -0.3 is 0 Å². The molecule has 3 rings (SSSR count). The van der Waals surface area contributed by atoms with Gasteiger partial charge in [0.2, 0.25) is 0 Å². The number of hydrogen-bond acceptors (Lipinski definition) is 1. The highest BCUT2D eigenvalue weighted by Crippen LogP contribution is 2.29. The summed E-state index contributed by atoms with van der Waals surface area (Å²) in [5.41, 5.74) is 4.75. The van der Waals surface area contributed by atoms with Crippen molar-refractivity contribution in [1.29, 1.82) is 0 Å². The second kappa shape index (κ2) is 13.2. The van der Waals surface area contributed by atoms with Crippen molar-refractivity contribution in [2.75, 3.05) is 6.54 Å². The minimum Gasteiger partial charge on any atom is -0.166 e. The van der Waals surface area contributed by atoms with Crippen molar-refractivity contribution in [3.63, 3.8) is 0 Å². The van der Waals surface area contributed by atoms with Crippen molar-refractivity contribution in [3.8, 4) is 11.8 Å². The van der Waals surface area contributed by atoms with Crippen LogP contribution < -0.4 is 4.90 Å². The first-order chi connectivity index (χ1) is 16.9. The zero-order chi connectivity index (χ0) is 25.1. The van der Waals surface area contributed by atoms with E-state index in [1.165, 1.54) is 31.2 Å². The molecule has 0 aromatic heterocycles. The van der Waals surface area contributed by atoms with Crippen LogP contribution in [0.15, 0.2) is 72.8 Å². The predicted octanol–water partition coefficient (Wildman–Crippen LogP) is 8.09. The maximum atomic E-state index is 12.8. The van der Waals surface area contributed by atoms with Crippen molar-refractivity contribution in [2.45, 2.75) is 65.2 Å². The fourth-order valence-electron chi connectivity index (χ4n) is 3.94. The summed E-state index contributed by atoms with van der Waals surface area (Å²) in [7, 11) is 0. The van der Waals surface area contributed by atoms with Gasteiger partial charge in [-0.15, -0.1) is 0 Å². The molecule has 3 aromatic rings. The maximum absolute atomic E-state index is 12.8.